The monoisotopic (exact) mass is 508 g/mol. The molecule has 0 saturated heterocycles. The Balaban J connectivity index is 0.000000193. The normalized spacial score (nSPS) is 9.95. The van der Waals surface area contributed by atoms with Gasteiger partial charge in [-0.25, -0.2) is 0 Å². The van der Waals surface area contributed by atoms with Gasteiger partial charge in [0.1, 0.15) is 18.1 Å². The van der Waals surface area contributed by atoms with E-state index in [1.807, 2.05) is 73.7 Å². The van der Waals surface area contributed by atoms with Crippen molar-refractivity contribution in [1.82, 2.24) is 0 Å². The van der Waals surface area contributed by atoms with Crippen molar-refractivity contribution in [3.05, 3.63) is 143 Å². The van der Waals surface area contributed by atoms with E-state index in [4.69, 9.17) is 15.3 Å². The summed E-state index contributed by atoms with van der Waals surface area (Å²) in [5.41, 5.74) is 9.04. The number of nitriles is 2. The first kappa shape index (κ1) is 26.7. The van der Waals surface area contributed by atoms with Gasteiger partial charge >= 0.3 is 0 Å². The molecule has 4 heteroatoms. The molecular formula is C35H28N2O2. The van der Waals surface area contributed by atoms with Gasteiger partial charge in [-0.15, -0.1) is 0 Å². The van der Waals surface area contributed by atoms with Crippen LogP contribution in [-0.2, 0) is 6.61 Å². The molecule has 0 saturated carbocycles. The Kier molecular flexibility index (Phi) is 8.75. The van der Waals surface area contributed by atoms with Crippen LogP contribution in [0.2, 0.25) is 0 Å². The number of phenolic OH excluding ortho intramolecular Hbond substituents is 1. The fraction of sp³-hybridized carbons (Fsp3) is 0.0857. The van der Waals surface area contributed by atoms with Crippen molar-refractivity contribution in [2.75, 3.05) is 0 Å². The molecule has 0 aromatic heterocycles. The van der Waals surface area contributed by atoms with Crippen LogP contribution in [0.5, 0.6) is 11.5 Å². The molecule has 0 aliphatic carbocycles. The Morgan fingerprint density at radius 3 is 1.62 bits per heavy atom. The molecule has 0 spiro atoms. The second kappa shape index (κ2) is 12.8. The summed E-state index contributed by atoms with van der Waals surface area (Å²) < 4.78 is 5.86. The van der Waals surface area contributed by atoms with Crippen LogP contribution < -0.4 is 4.74 Å². The summed E-state index contributed by atoms with van der Waals surface area (Å²) in [5.74, 6) is 1.14. The number of hydrogen-bond donors (Lipinski definition) is 1. The average Bonchev–Trinajstić information content (AvgIpc) is 2.97. The molecule has 0 bridgehead atoms. The average molecular weight is 509 g/mol. The number of aromatic hydroxyl groups is 1. The van der Waals surface area contributed by atoms with Gasteiger partial charge in [-0.05, 0) is 101 Å². The van der Waals surface area contributed by atoms with Crippen molar-refractivity contribution in [2.24, 2.45) is 0 Å². The highest BCUT2D eigenvalue weighted by Crippen LogP contribution is 2.28. The quantitative estimate of drug-likeness (QED) is 0.259. The third-order valence-electron chi connectivity index (χ3n) is 6.31. The Hall–Kier alpha value is -5.32. The molecule has 0 fully saturated rings. The van der Waals surface area contributed by atoms with Crippen LogP contribution in [0.4, 0.5) is 0 Å². The summed E-state index contributed by atoms with van der Waals surface area (Å²) in [6.07, 6.45) is 0. The summed E-state index contributed by atoms with van der Waals surface area (Å²) in [5, 5.41) is 26.9. The van der Waals surface area contributed by atoms with E-state index in [0.717, 1.165) is 44.7 Å². The van der Waals surface area contributed by atoms with Gasteiger partial charge in [-0.3, -0.25) is 0 Å². The maximum Gasteiger partial charge on any atom is 0.120 e. The van der Waals surface area contributed by atoms with Crippen molar-refractivity contribution in [3.8, 4) is 45.9 Å². The highest BCUT2D eigenvalue weighted by atomic mass is 16.5. The van der Waals surface area contributed by atoms with Gasteiger partial charge in [0.05, 0.1) is 23.3 Å². The van der Waals surface area contributed by atoms with E-state index in [1.165, 1.54) is 0 Å². The predicted octanol–water partition coefficient (Wildman–Crippen LogP) is 8.35. The van der Waals surface area contributed by atoms with E-state index in [0.29, 0.717) is 17.7 Å². The first-order valence-electron chi connectivity index (χ1n) is 12.5. The van der Waals surface area contributed by atoms with Crippen LogP contribution in [0.25, 0.3) is 22.3 Å². The van der Waals surface area contributed by atoms with Crippen molar-refractivity contribution in [2.45, 2.75) is 20.5 Å². The zero-order valence-electron chi connectivity index (χ0n) is 21.9. The third-order valence-corrected chi connectivity index (χ3v) is 6.31. The fourth-order valence-electron chi connectivity index (χ4n) is 4.21. The number of ether oxygens (including phenoxy) is 1. The van der Waals surface area contributed by atoms with E-state index in [1.54, 1.807) is 24.3 Å². The molecule has 0 heterocycles. The summed E-state index contributed by atoms with van der Waals surface area (Å²) in [7, 11) is 0. The molecule has 39 heavy (non-hydrogen) atoms. The molecule has 0 aliphatic rings. The summed E-state index contributed by atoms with van der Waals surface area (Å²) in [4.78, 5) is 0. The van der Waals surface area contributed by atoms with Gasteiger partial charge < -0.3 is 9.84 Å². The van der Waals surface area contributed by atoms with E-state index in [-0.39, 0.29) is 5.75 Å². The molecule has 0 unspecified atom stereocenters. The first-order chi connectivity index (χ1) is 19.0. The largest absolute Gasteiger partial charge is 0.508 e. The highest BCUT2D eigenvalue weighted by molar-refractivity contribution is 5.69. The van der Waals surface area contributed by atoms with E-state index in [2.05, 4.69) is 43.3 Å². The number of rotatable bonds is 5. The lowest BCUT2D eigenvalue weighted by molar-refractivity contribution is 0.306. The standard InChI is InChI=1S/C21H17NO.C14H11NO/c1-16-13-20(23-15-18-5-3-2-4-6-18)11-12-21(16)19-9-7-17(14-22)8-10-19;1-10-8-13(16)6-7-14(10)12-4-2-11(9-15)3-5-12/h2-13H,15H2,1H3;2-8,16H,1H3. The van der Waals surface area contributed by atoms with E-state index >= 15 is 0 Å². The molecule has 0 radical (unpaired) electrons. The Morgan fingerprint density at radius 1 is 0.615 bits per heavy atom. The zero-order chi connectivity index (χ0) is 27.6. The number of phenols is 1. The topological polar surface area (TPSA) is 77.0 Å². The summed E-state index contributed by atoms with van der Waals surface area (Å²) in [6.45, 7) is 4.59. The lowest BCUT2D eigenvalue weighted by Crippen LogP contribution is -1.95. The molecule has 0 amide bonds. The van der Waals surface area contributed by atoms with Crippen LogP contribution in [0.15, 0.2) is 115 Å². The molecule has 5 rings (SSSR count). The second-order valence-corrected chi connectivity index (χ2v) is 9.13. The van der Waals surface area contributed by atoms with Crippen molar-refractivity contribution < 1.29 is 9.84 Å². The molecule has 0 aliphatic heterocycles. The lowest BCUT2D eigenvalue weighted by atomic mass is 9.99. The SMILES string of the molecule is Cc1cc(O)ccc1-c1ccc(C#N)cc1.Cc1cc(OCc2ccccc2)ccc1-c1ccc(C#N)cc1. The number of nitrogens with zero attached hydrogens (tertiary/aromatic N) is 2. The molecule has 0 atom stereocenters. The number of hydrogen-bond acceptors (Lipinski definition) is 4. The molecule has 1 N–H and O–H groups in total. The first-order valence-corrected chi connectivity index (χ1v) is 12.5. The minimum atomic E-state index is 0.273. The Labute approximate surface area is 229 Å². The zero-order valence-corrected chi connectivity index (χ0v) is 21.9. The number of benzene rings is 5. The van der Waals surface area contributed by atoms with Crippen LogP contribution in [0.1, 0.15) is 27.8 Å². The molecule has 190 valence electrons. The van der Waals surface area contributed by atoms with Crippen LogP contribution in [-0.4, -0.2) is 5.11 Å². The lowest BCUT2D eigenvalue weighted by Gasteiger charge is -2.11. The van der Waals surface area contributed by atoms with Gasteiger partial charge in [-0.2, -0.15) is 10.5 Å². The second-order valence-electron chi connectivity index (χ2n) is 9.13. The Bertz CT molecular complexity index is 1630. The van der Waals surface area contributed by atoms with E-state index < -0.39 is 0 Å². The minimum absolute atomic E-state index is 0.273. The minimum Gasteiger partial charge on any atom is -0.508 e. The van der Waals surface area contributed by atoms with Gasteiger partial charge in [0.25, 0.3) is 0 Å². The van der Waals surface area contributed by atoms with Crippen molar-refractivity contribution in [1.29, 1.82) is 10.5 Å². The maximum atomic E-state index is 9.32. The number of aryl methyl sites for hydroxylation is 2. The van der Waals surface area contributed by atoms with Gasteiger partial charge in [-0.1, -0.05) is 66.7 Å². The van der Waals surface area contributed by atoms with Crippen LogP contribution in [0, 0.1) is 36.5 Å². The van der Waals surface area contributed by atoms with Crippen LogP contribution in [0.3, 0.4) is 0 Å². The van der Waals surface area contributed by atoms with Crippen molar-refractivity contribution in [3.63, 3.8) is 0 Å². The molecular weight excluding hydrogens is 480 g/mol. The van der Waals surface area contributed by atoms with Gasteiger partial charge in [0.2, 0.25) is 0 Å². The fourth-order valence-corrected chi connectivity index (χ4v) is 4.21. The molecule has 5 aromatic rings. The summed E-state index contributed by atoms with van der Waals surface area (Å²) in [6, 6.07) is 40.8. The highest BCUT2D eigenvalue weighted by Gasteiger charge is 2.05. The van der Waals surface area contributed by atoms with Crippen molar-refractivity contribution >= 4 is 0 Å². The van der Waals surface area contributed by atoms with Gasteiger partial charge in [0.15, 0.2) is 0 Å². The summed E-state index contributed by atoms with van der Waals surface area (Å²) >= 11 is 0. The Morgan fingerprint density at radius 2 is 1.13 bits per heavy atom. The molecule has 4 nitrogen and oxygen atoms in total. The predicted molar refractivity (Wildman–Crippen MR) is 155 cm³/mol. The maximum absolute atomic E-state index is 9.32. The molecule has 5 aromatic carbocycles. The van der Waals surface area contributed by atoms with Gasteiger partial charge in [0, 0.05) is 0 Å². The van der Waals surface area contributed by atoms with Crippen LogP contribution >= 0.6 is 0 Å². The smallest absolute Gasteiger partial charge is 0.120 e. The third kappa shape index (κ3) is 7.13. The van der Waals surface area contributed by atoms with E-state index in [9.17, 15) is 5.11 Å².